The number of aryl methyl sites for hydroxylation is 1. The van der Waals surface area contributed by atoms with E-state index in [1.54, 1.807) is 25.4 Å². The average molecular weight is 579 g/mol. The van der Waals surface area contributed by atoms with E-state index in [9.17, 15) is 8.42 Å². The summed E-state index contributed by atoms with van der Waals surface area (Å²) < 4.78 is 44.7. The van der Waals surface area contributed by atoms with E-state index in [1.165, 1.54) is 6.07 Å². The summed E-state index contributed by atoms with van der Waals surface area (Å²) in [6.45, 7) is 7.73. The number of nitrogens with two attached hydrogens (primary N) is 1. The first-order valence-corrected chi connectivity index (χ1v) is 15.4. The highest BCUT2D eigenvalue weighted by Crippen LogP contribution is 2.38. The molecule has 3 heterocycles. The number of hydrogen-bond donors (Lipinski definition) is 3. The molecule has 2 aromatic heterocycles. The third kappa shape index (κ3) is 6.98. The Bertz CT molecular complexity index is 1670. The zero-order valence-electron chi connectivity index (χ0n) is 23.4. The number of nitrogens with one attached hydrogen (secondary N) is 2. The standard InChI is InChI=1S/C30H35FN6O3S/c1-18-13-21(16-33-15-18)36-30-35-12-10-27(37-30)24-5-4-11-34-29(24)40-28-20(3)6-7-22-23(28)8-9-26(31)25(22)14-19(2)17-41(32,38)39/h4-12,18-19,21,33H,13-17H2,1-3H3,(H2,32,38,39)(H,35,36,37)/t18-,19?,21-/m0/s1. The average Bonchev–Trinajstić information content (AvgIpc) is 2.91. The fourth-order valence-corrected chi connectivity index (χ4v) is 6.37. The molecule has 0 saturated carbocycles. The van der Waals surface area contributed by atoms with Crippen LogP contribution in [0.15, 0.2) is 54.9 Å². The van der Waals surface area contributed by atoms with Crippen molar-refractivity contribution < 1.29 is 17.5 Å². The number of sulfonamides is 1. The minimum absolute atomic E-state index is 0.211. The number of fused-ring (bicyclic) bond motifs is 1. The second kappa shape index (κ2) is 12.1. The van der Waals surface area contributed by atoms with Crippen LogP contribution in [-0.2, 0) is 16.4 Å². The smallest absolute Gasteiger partial charge is 0.228 e. The van der Waals surface area contributed by atoms with Crippen molar-refractivity contribution >= 4 is 26.7 Å². The molecule has 0 amide bonds. The highest BCUT2D eigenvalue weighted by molar-refractivity contribution is 7.89. The number of aromatic nitrogens is 3. The van der Waals surface area contributed by atoms with Crippen molar-refractivity contribution in [2.24, 2.45) is 17.0 Å². The van der Waals surface area contributed by atoms with Gasteiger partial charge in [0.05, 0.1) is 17.0 Å². The summed E-state index contributed by atoms with van der Waals surface area (Å²) in [4.78, 5) is 13.7. The number of ether oxygens (including phenoxy) is 1. The normalized spacial score (nSPS) is 18.3. The summed E-state index contributed by atoms with van der Waals surface area (Å²) in [7, 11) is -3.68. The number of pyridine rings is 1. The molecule has 11 heteroatoms. The number of hydrogen-bond acceptors (Lipinski definition) is 8. The fourth-order valence-electron chi connectivity index (χ4n) is 5.46. The number of anilines is 1. The van der Waals surface area contributed by atoms with Crippen molar-refractivity contribution in [1.82, 2.24) is 20.3 Å². The van der Waals surface area contributed by atoms with Crippen molar-refractivity contribution in [3.05, 3.63) is 71.8 Å². The number of halogens is 1. The molecular formula is C30H35FN6O3S. The Morgan fingerprint density at radius 3 is 2.71 bits per heavy atom. The molecule has 9 nitrogen and oxygen atoms in total. The van der Waals surface area contributed by atoms with Gasteiger partial charge < -0.3 is 15.4 Å². The van der Waals surface area contributed by atoms with E-state index in [-0.39, 0.29) is 24.1 Å². The molecule has 4 N–H and O–H groups in total. The van der Waals surface area contributed by atoms with Crippen LogP contribution in [0.25, 0.3) is 22.0 Å². The number of nitrogens with zero attached hydrogens (tertiary/aromatic N) is 3. The van der Waals surface area contributed by atoms with Crippen LogP contribution in [0.1, 0.15) is 31.4 Å². The van der Waals surface area contributed by atoms with Gasteiger partial charge in [0.2, 0.25) is 21.9 Å². The topological polar surface area (TPSA) is 132 Å². The lowest BCUT2D eigenvalue weighted by Crippen LogP contribution is -2.42. The zero-order valence-corrected chi connectivity index (χ0v) is 24.2. The second-order valence-electron chi connectivity index (χ2n) is 11.0. The first kappa shape index (κ1) is 28.8. The molecule has 41 heavy (non-hydrogen) atoms. The second-order valence-corrected chi connectivity index (χ2v) is 12.7. The Morgan fingerprint density at radius 2 is 1.93 bits per heavy atom. The van der Waals surface area contributed by atoms with Crippen molar-refractivity contribution in [2.75, 3.05) is 24.2 Å². The third-order valence-electron chi connectivity index (χ3n) is 7.28. The lowest BCUT2D eigenvalue weighted by molar-refractivity contribution is 0.377. The first-order valence-electron chi connectivity index (χ1n) is 13.7. The van der Waals surface area contributed by atoms with Gasteiger partial charge in [0.1, 0.15) is 11.6 Å². The zero-order chi connectivity index (χ0) is 29.1. The Kier molecular flexibility index (Phi) is 8.48. The SMILES string of the molecule is Cc1ccc2c(CC(C)CS(N)(=O)=O)c(F)ccc2c1Oc1ncccc1-c1ccnc(N[C@@H]2CNC[C@@H](C)C2)n1. The number of benzene rings is 2. The molecule has 1 fully saturated rings. The minimum atomic E-state index is -3.68. The molecule has 5 rings (SSSR count). The molecule has 4 aromatic rings. The summed E-state index contributed by atoms with van der Waals surface area (Å²) in [5.74, 6) is 0.987. The van der Waals surface area contributed by atoms with Crippen LogP contribution in [0.5, 0.6) is 11.6 Å². The van der Waals surface area contributed by atoms with Gasteiger partial charge in [-0.05, 0) is 85.0 Å². The third-order valence-corrected chi connectivity index (χ3v) is 8.31. The maximum absolute atomic E-state index is 15.0. The Labute approximate surface area is 239 Å². The highest BCUT2D eigenvalue weighted by atomic mass is 32.2. The van der Waals surface area contributed by atoms with E-state index in [2.05, 4.69) is 27.5 Å². The van der Waals surface area contributed by atoms with Gasteiger partial charge in [-0.2, -0.15) is 0 Å². The molecule has 2 aromatic carbocycles. The lowest BCUT2D eigenvalue weighted by atomic mass is 9.94. The maximum Gasteiger partial charge on any atom is 0.228 e. The van der Waals surface area contributed by atoms with E-state index in [0.717, 1.165) is 25.1 Å². The van der Waals surface area contributed by atoms with Gasteiger partial charge in [-0.25, -0.2) is 32.9 Å². The van der Waals surface area contributed by atoms with Crippen LogP contribution in [0.3, 0.4) is 0 Å². The van der Waals surface area contributed by atoms with Gasteiger partial charge in [0.25, 0.3) is 0 Å². The van der Waals surface area contributed by atoms with E-state index >= 15 is 4.39 Å². The summed E-state index contributed by atoms with van der Waals surface area (Å²) >= 11 is 0. The van der Waals surface area contributed by atoms with Gasteiger partial charge >= 0.3 is 0 Å². The largest absolute Gasteiger partial charge is 0.437 e. The van der Waals surface area contributed by atoms with Crippen LogP contribution in [0.4, 0.5) is 10.3 Å². The molecule has 1 unspecified atom stereocenters. The molecule has 1 aliphatic heterocycles. The number of piperidine rings is 1. The molecule has 0 radical (unpaired) electrons. The molecule has 3 atom stereocenters. The lowest BCUT2D eigenvalue weighted by Gasteiger charge is -2.28. The van der Waals surface area contributed by atoms with Crippen molar-refractivity contribution in [2.45, 2.75) is 39.7 Å². The summed E-state index contributed by atoms with van der Waals surface area (Å²) in [6.07, 6.45) is 4.60. The number of rotatable bonds is 9. The Morgan fingerprint density at radius 1 is 1.12 bits per heavy atom. The first-order chi connectivity index (χ1) is 19.6. The Balaban J connectivity index is 1.47. The van der Waals surface area contributed by atoms with Crippen LogP contribution in [0.2, 0.25) is 0 Å². The molecule has 0 spiro atoms. The van der Waals surface area contributed by atoms with Crippen LogP contribution in [-0.4, -0.2) is 48.3 Å². The van der Waals surface area contributed by atoms with Crippen LogP contribution >= 0.6 is 0 Å². The van der Waals surface area contributed by atoms with Crippen molar-refractivity contribution in [3.63, 3.8) is 0 Å². The van der Waals surface area contributed by atoms with E-state index in [0.29, 0.717) is 51.1 Å². The quantitative estimate of drug-likeness (QED) is 0.258. The predicted octanol–water partition coefficient (Wildman–Crippen LogP) is 4.81. The molecule has 0 bridgehead atoms. The van der Waals surface area contributed by atoms with E-state index in [4.69, 9.17) is 14.9 Å². The van der Waals surface area contributed by atoms with Gasteiger partial charge in [-0.15, -0.1) is 0 Å². The highest BCUT2D eigenvalue weighted by Gasteiger charge is 2.21. The Hall–Kier alpha value is -3.67. The van der Waals surface area contributed by atoms with E-state index in [1.807, 2.05) is 37.3 Å². The maximum atomic E-state index is 15.0. The monoisotopic (exact) mass is 578 g/mol. The molecule has 1 aliphatic rings. The van der Waals surface area contributed by atoms with Crippen LogP contribution < -0.4 is 20.5 Å². The van der Waals surface area contributed by atoms with Gasteiger partial charge in [0.15, 0.2) is 0 Å². The molecule has 0 aliphatic carbocycles. The summed E-state index contributed by atoms with van der Waals surface area (Å²) in [5, 5.41) is 13.4. The summed E-state index contributed by atoms with van der Waals surface area (Å²) in [6, 6.07) is 12.5. The van der Waals surface area contributed by atoms with Crippen molar-refractivity contribution in [1.29, 1.82) is 0 Å². The molecular weight excluding hydrogens is 543 g/mol. The molecule has 1 saturated heterocycles. The van der Waals surface area contributed by atoms with Crippen molar-refractivity contribution in [3.8, 4) is 22.9 Å². The van der Waals surface area contributed by atoms with Gasteiger partial charge in [0, 0.05) is 30.4 Å². The molecule has 216 valence electrons. The minimum Gasteiger partial charge on any atom is -0.437 e. The number of primary sulfonamides is 1. The fraction of sp³-hybridized carbons (Fsp3) is 0.367. The summed E-state index contributed by atoms with van der Waals surface area (Å²) in [5.41, 5.74) is 2.61. The predicted molar refractivity (Wildman–Crippen MR) is 159 cm³/mol. The van der Waals surface area contributed by atoms with Gasteiger partial charge in [-0.1, -0.05) is 26.0 Å². The van der Waals surface area contributed by atoms with E-state index < -0.39 is 15.8 Å². The van der Waals surface area contributed by atoms with Gasteiger partial charge in [-0.3, -0.25) is 0 Å². The van der Waals surface area contributed by atoms with Crippen LogP contribution in [0, 0.1) is 24.6 Å².